The molecule has 0 amide bonds. The van der Waals surface area contributed by atoms with Crippen LogP contribution in [0.15, 0.2) is 54.6 Å². The third kappa shape index (κ3) is 5.73. The standard InChI is InChI=1S/C34H37N7O2/c1-24(42)27-7-8-30-31(20-27)41(22-29-11-18-43-29)34(36-30)23-38-14-16-40(17-15-38)33-4-2-3-32(37-33)39-12-9-26-6-5-25(21-35)19-28(26)10-13-39/h2-8,19-20,29H,9-18,22-23H2,1H3/t29-/m0/s1. The average Bonchev–Trinajstić information content (AvgIpc) is 3.19. The lowest BCUT2D eigenvalue weighted by Crippen LogP contribution is -2.46. The van der Waals surface area contributed by atoms with E-state index in [1.807, 2.05) is 30.3 Å². The Morgan fingerprint density at radius 3 is 2.37 bits per heavy atom. The third-order valence-corrected chi connectivity index (χ3v) is 9.16. The first-order chi connectivity index (χ1) is 21.0. The second-order valence-electron chi connectivity index (χ2n) is 11.9. The lowest BCUT2D eigenvalue weighted by atomic mass is 10.0. The summed E-state index contributed by atoms with van der Waals surface area (Å²) in [6.07, 6.45) is 3.14. The number of nitrogens with zero attached hydrogens (tertiary/aromatic N) is 7. The largest absolute Gasteiger partial charge is 0.376 e. The lowest BCUT2D eigenvalue weighted by molar-refractivity contribution is -0.0592. The number of fused-ring (bicyclic) bond motifs is 2. The molecule has 3 aliphatic heterocycles. The maximum Gasteiger partial charge on any atom is 0.159 e. The molecule has 7 rings (SSSR count). The molecule has 0 aliphatic carbocycles. The van der Waals surface area contributed by atoms with Gasteiger partial charge in [-0.2, -0.15) is 5.26 Å². The second kappa shape index (κ2) is 11.8. The fourth-order valence-corrected chi connectivity index (χ4v) is 6.47. The molecule has 0 N–H and O–H groups in total. The third-order valence-electron chi connectivity index (χ3n) is 9.16. The Morgan fingerprint density at radius 2 is 1.67 bits per heavy atom. The second-order valence-corrected chi connectivity index (χ2v) is 11.9. The molecule has 0 radical (unpaired) electrons. The van der Waals surface area contributed by atoms with Gasteiger partial charge in [-0.3, -0.25) is 9.69 Å². The number of ether oxygens (including phenoxy) is 1. The number of ketones is 1. The van der Waals surface area contributed by atoms with Crippen molar-refractivity contribution < 1.29 is 9.53 Å². The first kappa shape index (κ1) is 27.6. The Bertz CT molecular complexity index is 1690. The van der Waals surface area contributed by atoms with Gasteiger partial charge in [-0.15, -0.1) is 0 Å². The molecule has 43 heavy (non-hydrogen) atoms. The van der Waals surface area contributed by atoms with E-state index in [-0.39, 0.29) is 11.9 Å². The van der Waals surface area contributed by atoms with E-state index < -0.39 is 0 Å². The van der Waals surface area contributed by atoms with Crippen LogP contribution < -0.4 is 9.80 Å². The number of piperazine rings is 1. The Labute approximate surface area is 252 Å². The summed E-state index contributed by atoms with van der Waals surface area (Å²) < 4.78 is 8.03. The first-order valence-electron chi connectivity index (χ1n) is 15.4. The molecule has 0 spiro atoms. The molecule has 220 valence electrons. The zero-order valence-electron chi connectivity index (χ0n) is 24.7. The molecule has 2 aromatic heterocycles. The number of carbonyl (C=O) groups is 1. The molecule has 0 bridgehead atoms. The number of pyridine rings is 1. The SMILES string of the molecule is CC(=O)c1ccc2nc(CN3CCN(c4cccc(N5CCc6ccc(C#N)cc6CC5)n4)CC3)n(C[C@@H]3CCO3)c2c1. The monoisotopic (exact) mass is 575 g/mol. The van der Waals surface area contributed by atoms with Gasteiger partial charge in [0.15, 0.2) is 5.78 Å². The van der Waals surface area contributed by atoms with Crippen LogP contribution in [0.5, 0.6) is 0 Å². The van der Waals surface area contributed by atoms with Crippen molar-refractivity contribution >= 4 is 28.5 Å². The number of imidazole rings is 1. The summed E-state index contributed by atoms with van der Waals surface area (Å²) in [5.41, 5.74) is 6.01. The fourth-order valence-electron chi connectivity index (χ4n) is 6.47. The van der Waals surface area contributed by atoms with Crippen molar-refractivity contribution in [3.8, 4) is 6.07 Å². The molecule has 9 nitrogen and oxygen atoms in total. The number of Topliss-reactive ketones (excluding diaryl/α,β-unsaturated/α-hetero) is 1. The molecule has 9 heteroatoms. The van der Waals surface area contributed by atoms with Gasteiger partial charge in [0.05, 0.1) is 41.9 Å². The van der Waals surface area contributed by atoms with Crippen LogP contribution in [0.2, 0.25) is 0 Å². The molecule has 5 heterocycles. The van der Waals surface area contributed by atoms with Crippen LogP contribution in [0.25, 0.3) is 11.0 Å². The Kier molecular flexibility index (Phi) is 7.56. The van der Waals surface area contributed by atoms with E-state index in [1.54, 1.807) is 6.92 Å². The van der Waals surface area contributed by atoms with E-state index in [1.165, 1.54) is 11.1 Å². The minimum atomic E-state index is 0.0695. The van der Waals surface area contributed by atoms with Crippen molar-refractivity contribution in [3.05, 3.63) is 82.7 Å². The number of aromatic nitrogens is 3. The maximum absolute atomic E-state index is 12.1. The van der Waals surface area contributed by atoms with Crippen molar-refractivity contribution in [1.29, 1.82) is 5.26 Å². The van der Waals surface area contributed by atoms with Crippen molar-refractivity contribution in [2.45, 2.75) is 45.4 Å². The molecule has 3 aliphatic rings. The van der Waals surface area contributed by atoms with E-state index in [4.69, 9.17) is 14.7 Å². The fraction of sp³-hybridized carbons (Fsp3) is 0.412. The van der Waals surface area contributed by atoms with E-state index >= 15 is 0 Å². The molecule has 0 saturated carbocycles. The van der Waals surface area contributed by atoms with Gasteiger partial charge in [-0.05, 0) is 79.8 Å². The van der Waals surface area contributed by atoms with Crippen molar-refractivity contribution in [3.63, 3.8) is 0 Å². The van der Waals surface area contributed by atoms with Gasteiger partial charge < -0.3 is 19.1 Å². The summed E-state index contributed by atoms with van der Waals surface area (Å²) in [7, 11) is 0. The number of hydrogen-bond donors (Lipinski definition) is 0. The predicted octanol–water partition coefficient (Wildman–Crippen LogP) is 4.22. The van der Waals surface area contributed by atoms with Gasteiger partial charge in [0.1, 0.15) is 17.5 Å². The van der Waals surface area contributed by atoms with Gasteiger partial charge in [-0.25, -0.2) is 9.97 Å². The highest BCUT2D eigenvalue weighted by molar-refractivity contribution is 5.97. The van der Waals surface area contributed by atoms with Crippen LogP contribution in [0, 0.1) is 11.3 Å². The van der Waals surface area contributed by atoms with E-state index in [0.29, 0.717) is 0 Å². The van der Waals surface area contributed by atoms with Crippen molar-refractivity contribution in [1.82, 2.24) is 19.4 Å². The molecular weight excluding hydrogens is 538 g/mol. The Balaban J connectivity index is 1.02. The first-order valence-corrected chi connectivity index (χ1v) is 15.4. The quantitative estimate of drug-likeness (QED) is 0.303. The molecule has 2 aromatic carbocycles. The normalized spacial score (nSPS) is 19.0. The van der Waals surface area contributed by atoms with E-state index in [9.17, 15) is 10.1 Å². The lowest BCUT2D eigenvalue weighted by Gasteiger charge is -2.36. The molecule has 2 saturated heterocycles. The highest BCUT2D eigenvalue weighted by Crippen LogP contribution is 2.26. The smallest absolute Gasteiger partial charge is 0.159 e. The van der Waals surface area contributed by atoms with Crippen LogP contribution in [-0.4, -0.2) is 77.2 Å². The summed E-state index contributed by atoms with van der Waals surface area (Å²) in [6.45, 7) is 9.43. The summed E-state index contributed by atoms with van der Waals surface area (Å²) >= 11 is 0. The minimum Gasteiger partial charge on any atom is -0.376 e. The Hall–Kier alpha value is -4.26. The zero-order chi connectivity index (χ0) is 29.3. The van der Waals surface area contributed by atoms with Crippen LogP contribution in [0.1, 0.15) is 46.2 Å². The van der Waals surface area contributed by atoms with Crippen LogP contribution >= 0.6 is 0 Å². The molecule has 4 aromatic rings. The average molecular weight is 576 g/mol. The number of rotatable bonds is 7. The number of hydrogen-bond acceptors (Lipinski definition) is 8. The predicted molar refractivity (Wildman–Crippen MR) is 167 cm³/mol. The summed E-state index contributed by atoms with van der Waals surface area (Å²) in [6, 6.07) is 20.5. The number of carbonyl (C=O) groups excluding carboxylic acids is 1. The van der Waals surface area contributed by atoms with Crippen LogP contribution in [-0.2, 0) is 30.7 Å². The van der Waals surface area contributed by atoms with Crippen molar-refractivity contribution in [2.75, 3.05) is 55.7 Å². The van der Waals surface area contributed by atoms with Gasteiger partial charge in [0.2, 0.25) is 0 Å². The summed E-state index contributed by atoms with van der Waals surface area (Å²) in [5.74, 6) is 3.14. The van der Waals surface area contributed by atoms with Gasteiger partial charge >= 0.3 is 0 Å². The molecule has 0 unspecified atom stereocenters. The molecule has 2 fully saturated rings. The molecular formula is C34H37N7O2. The summed E-state index contributed by atoms with van der Waals surface area (Å²) in [5, 5.41) is 9.30. The highest BCUT2D eigenvalue weighted by Gasteiger charge is 2.25. The number of anilines is 2. The maximum atomic E-state index is 12.1. The van der Waals surface area contributed by atoms with Crippen molar-refractivity contribution in [2.24, 2.45) is 0 Å². The van der Waals surface area contributed by atoms with E-state index in [2.05, 4.69) is 49.6 Å². The summed E-state index contributed by atoms with van der Waals surface area (Å²) in [4.78, 5) is 29.4. The topological polar surface area (TPSA) is 90.5 Å². The zero-order valence-corrected chi connectivity index (χ0v) is 24.7. The number of nitriles is 1. The molecule has 1 atom stereocenters. The number of benzene rings is 2. The van der Waals surface area contributed by atoms with Gasteiger partial charge in [-0.1, -0.05) is 12.1 Å². The van der Waals surface area contributed by atoms with Gasteiger partial charge in [0, 0.05) is 51.4 Å². The van der Waals surface area contributed by atoms with E-state index in [0.717, 1.165) is 118 Å². The van der Waals surface area contributed by atoms with Crippen LogP contribution in [0.4, 0.5) is 11.6 Å². The minimum absolute atomic E-state index is 0.0695. The highest BCUT2D eigenvalue weighted by atomic mass is 16.5. The van der Waals surface area contributed by atoms with Gasteiger partial charge in [0.25, 0.3) is 0 Å². The van der Waals surface area contributed by atoms with Crippen LogP contribution in [0.3, 0.4) is 0 Å². The Morgan fingerprint density at radius 1 is 0.930 bits per heavy atom.